The Morgan fingerprint density at radius 1 is 0.969 bits per heavy atom. The fourth-order valence-corrected chi connectivity index (χ4v) is 3.93. The summed E-state index contributed by atoms with van der Waals surface area (Å²) in [6, 6.07) is 15.1. The molecule has 1 saturated heterocycles. The molecule has 0 saturated carbocycles. The second-order valence-corrected chi connectivity index (χ2v) is 9.40. The van der Waals surface area contributed by atoms with Crippen LogP contribution in [0.3, 0.4) is 0 Å². The Morgan fingerprint density at radius 3 is 2.12 bits per heavy atom. The summed E-state index contributed by atoms with van der Waals surface area (Å²) in [5.74, 6) is 0.696. The van der Waals surface area contributed by atoms with Gasteiger partial charge in [0.15, 0.2) is 0 Å². The largest absolute Gasteiger partial charge is 0.497 e. The lowest BCUT2D eigenvalue weighted by atomic mass is 9.98. The van der Waals surface area contributed by atoms with E-state index in [1.54, 1.807) is 7.11 Å². The van der Waals surface area contributed by atoms with Crippen LogP contribution >= 0.6 is 0 Å². The van der Waals surface area contributed by atoms with Crippen LogP contribution in [0.5, 0.6) is 5.75 Å². The number of carbonyl (C=O) groups excluding carboxylic acids is 2. The van der Waals surface area contributed by atoms with Gasteiger partial charge in [0.1, 0.15) is 5.75 Å². The molecule has 32 heavy (non-hydrogen) atoms. The molecular weight excluding hydrogens is 402 g/mol. The number of carbonyl (C=O) groups is 2. The van der Waals surface area contributed by atoms with Gasteiger partial charge < -0.3 is 15.4 Å². The van der Waals surface area contributed by atoms with Gasteiger partial charge in [0.05, 0.1) is 13.5 Å². The van der Waals surface area contributed by atoms with Gasteiger partial charge in [-0.15, -0.1) is 0 Å². The number of nitrogens with zero attached hydrogens (tertiary/aromatic N) is 1. The normalized spacial score (nSPS) is 15.2. The summed E-state index contributed by atoms with van der Waals surface area (Å²) in [5.41, 5.74) is 2.72. The molecule has 2 aromatic rings. The zero-order valence-corrected chi connectivity index (χ0v) is 19.6. The maximum Gasteiger partial charge on any atom is 0.251 e. The molecule has 2 aromatic carbocycles. The summed E-state index contributed by atoms with van der Waals surface area (Å²) in [4.78, 5) is 27.3. The lowest BCUT2D eigenvalue weighted by molar-refractivity contribution is -0.120. The van der Waals surface area contributed by atoms with Crippen molar-refractivity contribution in [2.45, 2.75) is 58.2 Å². The number of hydrogen-bond donors (Lipinski definition) is 2. The SMILES string of the molecule is COc1ccc(CC(=O)NCc2ccc(C(=O)NC3CCN(C(C)(C)C)CC3)cc2)cc1. The van der Waals surface area contributed by atoms with Gasteiger partial charge in [-0.2, -0.15) is 0 Å². The third kappa shape index (κ3) is 6.82. The Hall–Kier alpha value is -2.86. The van der Waals surface area contributed by atoms with Gasteiger partial charge in [0.2, 0.25) is 5.91 Å². The van der Waals surface area contributed by atoms with Crippen molar-refractivity contribution < 1.29 is 14.3 Å². The van der Waals surface area contributed by atoms with Crippen LogP contribution in [0.15, 0.2) is 48.5 Å². The number of nitrogens with one attached hydrogen (secondary N) is 2. The highest BCUT2D eigenvalue weighted by atomic mass is 16.5. The molecule has 0 aromatic heterocycles. The average Bonchev–Trinajstić information content (AvgIpc) is 2.78. The Kier molecular flexibility index (Phi) is 7.91. The molecular formula is C26H35N3O3. The maximum absolute atomic E-state index is 12.6. The van der Waals surface area contributed by atoms with E-state index >= 15 is 0 Å². The first-order valence-corrected chi connectivity index (χ1v) is 11.3. The van der Waals surface area contributed by atoms with Crippen LogP contribution in [0, 0.1) is 0 Å². The highest BCUT2D eigenvalue weighted by molar-refractivity contribution is 5.94. The molecule has 0 atom stereocenters. The van der Waals surface area contributed by atoms with E-state index in [0.717, 1.165) is 42.8 Å². The van der Waals surface area contributed by atoms with Crippen molar-refractivity contribution >= 4 is 11.8 Å². The van der Waals surface area contributed by atoms with Crippen molar-refractivity contribution in [1.82, 2.24) is 15.5 Å². The summed E-state index contributed by atoms with van der Waals surface area (Å²) in [5, 5.41) is 6.10. The van der Waals surface area contributed by atoms with E-state index in [4.69, 9.17) is 4.74 Å². The number of amides is 2. The van der Waals surface area contributed by atoms with E-state index in [1.807, 2.05) is 48.5 Å². The topological polar surface area (TPSA) is 70.7 Å². The molecule has 1 aliphatic rings. The van der Waals surface area contributed by atoms with Crippen molar-refractivity contribution in [2.24, 2.45) is 0 Å². The molecule has 172 valence electrons. The number of hydrogen-bond acceptors (Lipinski definition) is 4. The minimum absolute atomic E-state index is 0.0331. The van der Waals surface area contributed by atoms with Crippen LogP contribution in [0.25, 0.3) is 0 Å². The summed E-state index contributed by atoms with van der Waals surface area (Å²) in [6.07, 6.45) is 2.27. The average molecular weight is 438 g/mol. The molecule has 0 unspecified atom stereocenters. The molecule has 2 N–H and O–H groups in total. The Labute approximate surface area is 191 Å². The number of ether oxygens (including phenoxy) is 1. The number of rotatable bonds is 7. The summed E-state index contributed by atoms with van der Waals surface area (Å²) >= 11 is 0. The monoisotopic (exact) mass is 437 g/mol. The Morgan fingerprint density at radius 2 is 1.56 bits per heavy atom. The smallest absolute Gasteiger partial charge is 0.251 e. The van der Waals surface area contributed by atoms with E-state index < -0.39 is 0 Å². The van der Waals surface area contributed by atoms with Gasteiger partial charge in [-0.1, -0.05) is 24.3 Å². The molecule has 0 radical (unpaired) electrons. The third-order valence-electron chi connectivity index (χ3n) is 6.01. The first-order chi connectivity index (χ1) is 15.2. The quantitative estimate of drug-likeness (QED) is 0.695. The predicted molar refractivity (Wildman–Crippen MR) is 127 cm³/mol. The first-order valence-electron chi connectivity index (χ1n) is 11.3. The van der Waals surface area contributed by atoms with Crippen molar-refractivity contribution in [3.05, 3.63) is 65.2 Å². The number of likely N-dealkylation sites (tertiary alicyclic amines) is 1. The molecule has 0 aliphatic carbocycles. The van der Waals surface area contributed by atoms with Gasteiger partial charge in [0.25, 0.3) is 5.91 Å². The molecule has 6 heteroatoms. The van der Waals surface area contributed by atoms with Gasteiger partial charge >= 0.3 is 0 Å². The van der Waals surface area contributed by atoms with Crippen molar-refractivity contribution in [1.29, 1.82) is 0 Å². The zero-order chi connectivity index (χ0) is 23.1. The molecule has 0 bridgehead atoms. The van der Waals surface area contributed by atoms with Crippen LogP contribution in [0.2, 0.25) is 0 Å². The highest BCUT2D eigenvalue weighted by Crippen LogP contribution is 2.20. The molecule has 1 aliphatic heterocycles. The number of methoxy groups -OCH3 is 1. The van der Waals surface area contributed by atoms with Crippen LogP contribution in [0.4, 0.5) is 0 Å². The van der Waals surface area contributed by atoms with Crippen molar-refractivity contribution in [3.8, 4) is 5.75 Å². The van der Waals surface area contributed by atoms with Crippen molar-refractivity contribution in [3.63, 3.8) is 0 Å². The van der Waals surface area contributed by atoms with Gasteiger partial charge in [0, 0.05) is 36.8 Å². The second kappa shape index (κ2) is 10.6. The van der Waals surface area contributed by atoms with E-state index in [1.165, 1.54) is 0 Å². The summed E-state index contributed by atoms with van der Waals surface area (Å²) in [7, 11) is 1.62. The third-order valence-corrected chi connectivity index (χ3v) is 6.01. The second-order valence-electron chi connectivity index (χ2n) is 9.40. The van der Waals surface area contributed by atoms with Gasteiger partial charge in [-0.05, 0) is 69.0 Å². The van der Waals surface area contributed by atoms with E-state index in [9.17, 15) is 9.59 Å². The minimum Gasteiger partial charge on any atom is -0.497 e. The number of benzene rings is 2. The Bertz CT molecular complexity index is 893. The summed E-state index contributed by atoms with van der Waals surface area (Å²) < 4.78 is 5.13. The Balaban J connectivity index is 1.43. The lowest BCUT2D eigenvalue weighted by Gasteiger charge is -2.41. The van der Waals surface area contributed by atoms with Crippen LogP contribution < -0.4 is 15.4 Å². The molecule has 6 nitrogen and oxygen atoms in total. The van der Waals surface area contributed by atoms with E-state index in [0.29, 0.717) is 18.5 Å². The fourth-order valence-electron chi connectivity index (χ4n) is 3.93. The maximum atomic E-state index is 12.6. The molecule has 1 heterocycles. The van der Waals surface area contributed by atoms with Crippen LogP contribution in [0.1, 0.15) is 55.1 Å². The van der Waals surface area contributed by atoms with Crippen molar-refractivity contribution in [2.75, 3.05) is 20.2 Å². The zero-order valence-electron chi connectivity index (χ0n) is 19.6. The molecule has 1 fully saturated rings. The lowest BCUT2D eigenvalue weighted by Crippen LogP contribution is -2.50. The van der Waals surface area contributed by atoms with E-state index in [2.05, 4.69) is 36.3 Å². The highest BCUT2D eigenvalue weighted by Gasteiger charge is 2.27. The van der Waals surface area contributed by atoms with Gasteiger partial charge in [-0.25, -0.2) is 0 Å². The van der Waals surface area contributed by atoms with Crippen LogP contribution in [-0.4, -0.2) is 48.5 Å². The number of piperidine rings is 1. The molecule has 3 rings (SSSR count). The van der Waals surface area contributed by atoms with E-state index in [-0.39, 0.29) is 23.4 Å². The van der Waals surface area contributed by atoms with Crippen LogP contribution in [-0.2, 0) is 17.8 Å². The molecule has 0 spiro atoms. The fraction of sp³-hybridized carbons (Fsp3) is 0.462. The van der Waals surface area contributed by atoms with Gasteiger partial charge in [-0.3, -0.25) is 14.5 Å². The predicted octanol–water partition coefficient (Wildman–Crippen LogP) is 3.55. The minimum atomic E-state index is -0.0430. The molecule has 2 amide bonds. The standard InChI is InChI=1S/C26H35N3O3/c1-26(2,3)29-15-13-22(14-16-29)28-25(31)21-9-5-20(6-10-21)18-27-24(30)17-19-7-11-23(32-4)12-8-19/h5-12,22H,13-18H2,1-4H3,(H,27,30)(H,28,31). The first kappa shape index (κ1) is 23.8. The summed E-state index contributed by atoms with van der Waals surface area (Å²) in [6.45, 7) is 9.13.